The van der Waals surface area contributed by atoms with Crippen molar-refractivity contribution in [2.24, 2.45) is 0 Å². The average Bonchev–Trinajstić information content (AvgIpc) is 3.06. The summed E-state index contributed by atoms with van der Waals surface area (Å²) in [4.78, 5) is 12.5. The molecule has 0 aliphatic carbocycles. The molecule has 0 aliphatic heterocycles. The Hall–Kier alpha value is -2.71. The molecule has 1 aromatic carbocycles. The van der Waals surface area contributed by atoms with Gasteiger partial charge in [0, 0.05) is 29.8 Å². The van der Waals surface area contributed by atoms with E-state index in [9.17, 15) is 8.42 Å². The highest BCUT2D eigenvalue weighted by molar-refractivity contribution is 7.92. The minimum atomic E-state index is -3.92. The number of benzene rings is 1. The van der Waals surface area contributed by atoms with E-state index in [0.717, 1.165) is 0 Å². The molecule has 9 heteroatoms. The number of hydrogen-bond acceptors (Lipinski definition) is 6. The Labute approximate surface area is 141 Å². The maximum atomic E-state index is 13.1. The van der Waals surface area contributed by atoms with Gasteiger partial charge in [-0.05, 0) is 24.3 Å². The van der Waals surface area contributed by atoms with E-state index in [1.165, 1.54) is 42.9 Å². The number of halogens is 1. The number of imidazole rings is 1. The van der Waals surface area contributed by atoms with Gasteiger partial charge in [-0.1, -0.05) is 11.6 Å². The van der Waals surface area contributed by atoms with Crippen molar-refractivity contribution in [2.45, 2.75) is 9.79 Å². The van der Waals surface area contributed by atoms with Crippen molar-refractivity contribution in [1.29, 1.82) is 0 Å². The van der Waals surface area contributed by atoms with Crippen molar-refractivity contribution < 1.29 is 8.42 Å². The Morgan fingerprint density at radius 1 is 0.958 bits per heavy atom. The normalized spacial score (nSPS) is 12.0. The van der Waals surface area contributed by atoms with Crippen LogP contribution in [0.2, 0.25) is 5.02 Å². The summed E-state index contributed by atoms with van der Waals surface area (Å²) < 4.78 is 27.8. The molecule has 0 aliphatic rings. The van der Waals surface area contributed by atoms with Crippen LogP contribution in [0.5, 0.6) is 0 Å². The lowest BCUT2D eigenvalue weighted by Crippen LogP contribution is -2.10. The molecule has 120 valence electrons. The van der Waals surface area contributed by atoms with E-state index in [0.29, 0.717) is 16.3 Å². The standard InChI is InChI=1S/C15H10ClN5O2S/c16-9-1-3-10(4-2-9)24(22,23)13-11(17)14-20-7-8-21(14)15-12(13)18-5-6-19-15/h1-8H,17H2. The lowest BCUT2D eigenvalue weighted by molar-refractivity contribution is 0.597. The van der Waals surface area contributed by atoms with Crippen LogP contribution in [0, 0.1) is 0 Å². The maximum absolute atomic E-state index is 13.1. The van der Waals surface area contributed by atoms with Gasteiger partial charge >= 0.3 is 0 Å². The van der Waals surface area contributed by atoms with E-state index in [2.05, 4.69) is 15.0 Å². The third kappa shape index (κ3) is 2.04. The molecular weight excluding hydrogens is 350 g/mol. The SMILES string of the molecule is Nc1c(S(=O)(=O)c2ccc(Cl)cc2)c2nccnc2n2ccnc12. The van der Waals surface area contributed by atoms with Crippen molar-refractivity contribution in [3.63, 3.8) is 0 Å². The first-order valence-electron chi connectivity index (χ1n) is 6.86. The number of hydrogen-bond donors (Lipinski definition) is 1. The predicted octanol–water partition coefficient (Wildman–Crippen LogP) is 2.35. The second-order valence-corrected chi connectivity index (χ2v) is 7.37. The lowest BCUT2D eigenvalue weighted by atomic mass is 10.3. The highest BCUT2D eigenvalue weighted by Crippen LogP contribution is 2.34. The predicted molar refractivity (Wildman–Crippen MR) is 89.6 cm³/mol. The Bertz CT molecular complexity index is 1190. The average molecular weight is 360 g/mol. The second-order valence-electron chi connectivity index (χ2n) is 5.05. The summed E-state index contributed by atoms with van der Waals surface area (Å²) in [6.07, 6.45) is 6.09. The minimum absolute atomic E-state index is 0.0305. The molecule has 0 bridgehead atoms. The molecular formula is C15H10ClN5O2S. The van der Waals surface area contributed by atoms with Crippen LogP contribution in [0.1, 0.15) is 0 Å². The highest BCUT2D eigenvalue weighted by Gasteiger charge is 2.27. The number of sulfone groups is 1. The molecule has 4 rings (SSSR count). The molecule has 0 unspecified atom stereocenters. The van der Waals surface area contributed by atoms with Gasteiger partial charge in [-0.2, -0.15) is 0 Å². The molecule has 0 saturated heterocycles. The van der Waals surface area contributed by atoms with Gasteiger partial charge in [-0.25, -0.2) is 23.4 Å². The molecule has 2 N–H and O–H groups in total. The van der Waals surface area contributed by atoms with Crippen LogP contribution in [-0.4, -0.2) is 27.8 Å². The molecule has 3 heterocycles. The monoisotopic (exact) mass is 359 g/mol. The Kier molecular flexibility index (Phi) is 3.19. The van der Waals surface area contributed by atoms with E-state index in [1.54, 1.807) is 10.6 Å². The molecule has 0 saturated carbocycles. The largest absolute Gasteiger partial charge is 0.395 e. The summed E-state index contributed by atoms with van der Waals surface area (Å²) in [6.45, 7) is 0. The van der Waals surface area contributed by atoms with E-state index in [4.69, 9.17) is 17.3 Å². The Morgan fingerprint density at radius 2 is 1.62 bits per heavy atom. The molecule has 0 amide bonds. The fraction of sp³-hybridized carbons (Fsp3) is 0. The number of fused-ring (bicyclic) bond motifs is 3. The van der Waals surface area contributed by atoms with E-state index in [1.807, 2.05) is 0 Å². The Morgan fingerprint density at radius 3 is 2.38 bits per heavy atom. The van der Waals surface area contributed by atoms with Crippen LogP contribution in [-0.2, 0) is 9.84 Å². The molecule has 0 fully saturated rings. The van der Waals surface area contributed by atoms with Crippen LogP contribution in [0.15, 0.2) is 58.8 Å². The number of nitrogen functional groups attached to an aromatic ring is 1. The summed E-state index contributed by atoms with van der Waals surface area (Å²) >= 11 is 5.84. The summed E-state index contributed by atoms with van der Waals surface area (Å²) in [5.74, 6) is 0. The first kappa shape index (κ1) is 14.9. The number of aromatic nitrogens is 4. The lowest BCUT2D eigenvalue weighted by Gasteiger charge is -2.12. The van der Waals surface area contributed by atoms with Gasteiger partial charge in [0.25, 0.3) is 0 Å². The van der Waals surface area contributed by atoms with Gasteiger partial charge in [0.05, 0.1) is 10.6 Å². The molecule has 4 aromatic rings. The van der Waals surface area contributed by atoms with Crippen LogP contribution in [0.3, 0.4) is 0 Å². The molecule has 3 aromatic heterocycles. The summed E-state index contributed by atoms with van der Waals surface area (Å²) in [5, 5.41) is 0.440. The number of nitrogens with two attached hydrogens (primary N) is 1. The van der Waals surface area contributed by atoms with E-state index in [-0.39, 0.29) is 21.0 Å². The van der Waals surface area contributed by atoms with Crippen LogP contribution in [0.4, 0.5) is 5.69 Å². The molecule has 0 radical (unpaired) electrons. The van der Waals surface area contributed by atoms with Crippen molar-refractivity contribution in [3.8, 4) is 0 Å². The Balaban J connectivity index is 2.15. The zero-order valence-electron chi connectivity index (χ0n) is 12.1. The first-order chi connectivity index (χ1) is 11.5. The zero-order chi connectivity index (χ0) is 16.9. The fourth-order valence-corrected chi connectivity index (χ4v) is 4.21. The third-order valence-electron chi connectivity index (χ3n) is 3.64. The van der Waals surface area contributed by atoms with Crippen molar-refractivity contribution in [1.82, 2.24) is 19.4 Å². The van der Waals surface area contributed by atoms with Gasteiger partial charge in [0.15, 0.2) is 11.3 Å². The van der Waals surface area contributed by atoms with Crippen molar-refractivity contribution in [2.75, 3.05) is 5.73 Å². The minimum Gasteiger partial charge on any atom is -0.395 e. The van der Waals surface area contributed by atoms with Crippen molar-refractivity contribution in [3.05, 3.63) is 54.1 Å². The van der Waals surface area contributed by atoms with Crippen LogP contribution >= 0.6 is 11.6 Å². The fourth-order valence-electron chi connectivity index (χ4n) is 2.57. The zero-order valence-corrected chi connectivity index (χ0v) is 13.7. The van der Waals surface area contributed by atoms with Gasteiger partial charge < -0.3 is 5.73 Å². The molecule has 7 nitrogen and oxygen atoms in total. The number of rotatable bonds is 2. The smallest absolute Gasteiger partial charge is 0.211 e. The van der Waals surface area contributed by atoms with Crippen LogP contribution in [0.25, 0.3) is 16.8 Å². The summed E-state index contributed by atoms with van der Waals surface area (Å²) in [5.41, 5.74) is 7.03. The van der Waals surface area contributed by atoms with Gasteiger partial charge in [-0.3, -0.25) is 4.40 Å². The van der Waals surface area contributed by atoms with Gasteiger partial charge in [0.2, 0.25) is 9.84 Å². The van der Waals surface area contributed by atoms with E-state index < -0.39 is 9.84 Å². The second kappa shape index (κ2) is 5.15. The molecule has 0 atom stereocenters. The van der Waals surface area contributed by atoms with Gasteiger partial charge in [0.1, 0.15) is 10.4 Å². The van der Waals surface area contributed by atoms with E-state index >= 15 is 0 Å². The number of anilines is 1. The number of pyridine rings is 1. The van der Waals surface area contributed by atoms with Crippen LogP contribution < -0.4 is 5.73 Å². The maximum Gasteiger partial charge on any atom is 0.211 e. The quantitative estimate of drug-likeness (QED) is 0.589. The first-order valence-corrected chi connectivity index (χ1v) is 8.72. The third-order valence-corrected chi connectivity index (χ3v) is 5.74. The molecule has 24 heavy (non-hydrogen) atoms. The summed E-state index contributed by atoms with van der Waals surface area (Å²) in [6, 6.07) is 5.86. The van der Waals surface area contributed by atoms with Crippen molar-refractivity contribution >= 4 is 43.9 Å². The van der Waals surface area contributed by atoms with Gasteiger partial charge in [-0.15, -0.1) is 0 Å². The summed E-state index contributed by atoms with van der Waals surface area (Å²) in [7, 11) is -3.92. The molecule has 0 spiro atoms. The number of nitrogens with zero attached hydrogens (tertiary/aromatic N) is 4. The topological polar surface area (TPSA) is 103 Å². The highest BCUT2D eigenvalue weighted by atomic mass is 35.5.